The first-order chi connectivity index (χ1) is 9.56. The fraction of sp³-hybridized carbons (Fsp3) is 0.357. The first kappa shape index (κ1) is 14.0. The van der Waals surface area contributed by atoms with Gasteiger partial charge in [-0.2, -0.15) is 5.10 Å². The van der Waals surface area contributed by atoms with E-state index in [1.165, 1.54) is 6.07 Å². The van der Waals surface area contributed by atoms with Crippen LogP contribution < -0.4 is 10.9 Å². The minimum atomic E-state index is -0.278. The highest BCUT2D eigenvalue weighted by Crippen LogP contribution is 2.02. The number of aromatic amines is 1. The average molecular weight is 274 g/mol. The number of rotatable bonds is 5. The SMILES string of the molecule is Cc1cc(C)n(CCCNC(=O)c2cccc(=O)[nH]2)n1. The number of aryl methyl sites for hydroxylation is 3. The van der Waals surface area contributed by atoms with Crippen molar-refractivity contribution in [2.75, 3.05) is 6.54 Å². The highest BCUT2D eigenvalue weighted by atomic mass is 16.2. The molecule has 0 fully saturated rings. The molecule has 0 atom stereocenters. The second kappa shape index (κ2) is 6.18. The summed E-state index contributed by atoms with van der Waals surface area (Å²) in [4.78, 5) is 25.4. The molecule has 0 saturated heterocycles. The molecule has 0 aliphatic carbocycles. The van der Waals surface area contributed by atoms with Crippen LogP contribution in [-0.4, -0.2) is 27.2 Å². The van der Waals surface area contributed by atoms with Crippen molar-refractivity contribution in [1.29, 1.82) is 0 Å². The van der Waals surface area contributed by atoms with E-state index in [0.29, 0.717) is 6.54 Å². The normalized spacial score (nSPS) is 10.5. The molecule has 6 nitrogen and oxygen atoms in total. The van der Waals surface area contributed by atoms with Gasteiger partial charge in [-0.15, -0.1) is 0 Å². The Labute approximate surface area is 116 Å². The number of hydrogen-bond acceptors (Lipinski definition) is 3. The van der Waals surface area contributed by atoms with Crippen molar-refractivity contribution < 1.29 is 4.79 Å². The zero-order valence-corrected chi connectivity index (χ0v) is 11.6. The number of pyridine rings is 1. The molecule has 2 N–H and O–H groups in total. The van der Waals surface area contributed by atoms with Crippen LogP contribution in [0.1, 0.15) is 28.3 Å². The molecule has 0 aliphatic rings. The molecule has 0 bridgehead atoms. The molecule has 2 aromatic heterocycles. The lowest BCUT2D eigenvalue weighted by Gasteiger charge is -2.06. The van der Waals surface area contributed by atoms with E-state index in [2.05, 4.69) is 15.4 Å². The molecule has 0 saturated carbocycles. The Kier molecular flexibility index (Phi) is 4.34. The molecule has 106 valence electrons. The Bertz CT molecular complexity index is 657. The topological polar surface area (TPSA) is 79.8 Å². The molecule has 6 heteroatoms. The van der Waals surface area contributed by atoms with Crippen LogP contribution in [0, 0.1) is 13.8 Å². The van der Waals surface area contributed by atoms with Gasteiger partial charge in [-0.05, 0) is 32.4 Å². The summed E-state index contributed by atoms with van der Waals surface area (Å²) in [6.45, 7) is 5.25. The third kappa shape index (κ3) is 3.57. The van der Waals surface area contributed by atoms with Crippen LogP contribution in [0.3, 0.4) is 0 Å². The van der Waals surface area contributed by atoms with E-state index in [0.717, 1.165) is 24.4 Å². The number of carbonyl (C=O) groups excluding carboxylic acids is 1. The molecule has 2 aromatic rings. The zero-order chi connectivity index (χ0) is 14.5. The summed E-state index contributed by atoms with van der Waals surface area (Å²) in [6.07, 6.45) is 0.783. The zero-order valence-electron chi connectivity index (χ0n) is 11.6. The van der Waals surface area contributed by atoms with Crippen molar-refractivity contribution in [3.63, 3.8) is 0 Å². The maximum atomic E-state index is 11.8. The fourth-order valence-electron chi connectivity index (χ4n) is 2.01. The number of hydrogen-bond donors (Lipinski definition) is 2. The van der Waals surface area contributed by atoms with Crippen LogP contribution in [0.15, 0.2) is 29.1 Å². The first-order valence-electron chi connectivity index (χ1n) is 6.55. The quantitative estimate of drug-likeness (QED) is 0.798. The average Bonchev–Trinajstić information content (AvgIpc) is 2.73. The largest absolute Gasteiger partial charge is 0.351 e. The van der Waals surface area contributed by atoms with Crippen LogP contribution in [0.4, 0.5) is 0 Å². The van der Waals surface area contributed by atoms with Gasteiger partial charge in [0.05, 0.1) is 5.69 Å². The Hall–Kier alpha value is -2.37. The molecule has 2 rings (SSSR count). The van der Waals surface area contributed by atoms with E-state index in [9.17, 15) is 9.59 Å². The van der Waals surface area contributed by atoms with Crippen LogP contribution >= 0.6 is 0 Å². The summed E-state index contributed by atoms with van der Waals surface area (Å²) in [6, 6.07) is 6.54. The third-order valence-corrected chi connectivity index (χ3v) is 2.95. The molecular formula is C14H18N4O2. The van der Waals surface area contributed by atoms with Gasteiger partial charge < -0.3 is 10.3 Å². The van der Waals surface area contributed by atoms with Crippen LogP contribution in [-0.2, 0) is 6.54 Å². The van der Waals surface area contributed by atoms with E-state index in [4.69, 9.17) is 0 Å². The van der Waals surface area contributed by atoms with Crippen molar-refractivity contribution >= 4 is 5.91 Å². The Morgan fingerprint density at radius 1 is 1.40 bits per heavy atom. The van der Waals surface area contributed by atoms with Crippen LogP contribution in [0.25, 0.3) is 0 Å². The Morgan fingerprint density at radius 3 is 2.85 bits per heavy atom. The van der Waals surface area contributed by atoms with Crippen molar-refractivity contribution in [2.45, 2.75) is 26.8 Å². The summed E-state index contributed by atoms with van der Waals surface area (Å²) in [5.41, 5.74) is 2.11. The number of nitrogens with one attached hydrogen (secondary N) is 2. The predicted octanol–water partition coefficient (Wildman–Crippen LogP) is 1.01. The number of carbonyl (C=O) groups is 1. The van der Waals surface area contributed by atoms with Crippen molar-refractivity contribution in [3.05, 3.63) is 51.7 Å². The molecule has 0 radical (unpaired) electrons. The van der Waals surface area contributed by atoms with Crippen molar-refractivity contribution in [1.82, 2.24) is 20.1 Å². The number of H-pyrrole nitrogens is 1. The molecule has 0 aliphatic heterocycles. The lowest BCUT2D eigenvalue weighted by atomic mass is 10.3. The molecular weight excluding hydrogens is 256 g/mol. The van der Waals surface area contributed by atoms with E-state index in [1.54, 1.807) is 12.1 Å². The monoisotopic (exact) mass is 274 g/mol. The predicted molar refractivity (Wildman–Crippen MR) is 75.7 cm³/mol. The summed E-state index contributed by atoms with van der Waals surface area (Å²) in [5, 5.41) is 7.13. The molecule has 1 amide bonds. The Balaban J connectivity index is 1.80. The fourth-order valence-corrected chi connectivity index (χ4v) is 2.01. The maximum absolute atomic E-state index is 11.8. The molecule has 0 spiro atoms. The highest BCUT2D eigenvalue weighted by Gasteiger charge is 2.05. The van der Waals surface area contributed by atoms with Gasteiger partial charge in [0.15, 0.2) is 0 Å². The van der Waals surface area contributed by atoms with Gasteiger partial charge >= 0.3 is 0 Å². The van der Waals surface area contributed by atoms with Crippen molar-refractivity contribution in [2.24, 2.45) is 0 Å². The highest BCUT2D eigenvalue weighted by molar-refractivity contribution is 5.92. The molecule has 2 heterocycles. The standard InChI is InChI=1S/C14H18N4O2/c1-10-9-11(2)18(17-10)8-4-7-15-14(20)12-5-3-6-13(19)16-12/h3,5-6,9H,4,7-8H2,1-2H3,(H,15,20)(H,16,19). The van der Waals surface area contributed by atoms with E-state index in [1.807, 2.05) is 24.6 Å². The smallest absolute Gasteiger partial charge is 0.267 e. The molecule has 0 unspecified atom stereocenters. The summed E-state index contributed by atoms with van der Waals surface area (Å²) < 4.78 is 1.92. The minimum absolute atomic E-state index is 0.268. The summed E-state index contributed by atoms with van der Waals surface area (Å²) in [7, 11) is 0. The van der Waals surface area contributed by atoms with Gasteiger partial charge in [0.2, 0.25) is 5.56 Å². The van der Waals surface area contributed by atoms with Crippen LogP contribution in [0.2, 0.25) is 0 Å². The number of aromatic nitrogens is 3. The van der Waals surface area contributed by atoms with Gasteiger partial charge in [0.25, 0.3) is 5.91 Å². The number of amides is 1. The van der Waals surface area contributed by atoms with Gasteiger partial charge in [-0.25, -0.2) is 0 Å². The molecule has 20 heavy (non-hydrogen) atoms. The lowest BCUT2D eigenvalue weighted by Crippen LogP contribution is -2.27. The number of nitrogens with zero attached hydrogens (tertiary/aromatic N) is 2. The first-order valence-corrected chi connectivity index (χ1v) is 6.55. The molecule has 0 aromatic carbocycles. The van der Waals surface area contributed by atoms with E-state index in [-0.39, 0.29) is 17.2 Å². The second-order valence-electron chi connectivity index (χ2n) is 4.69. The summed E-state index contributed by atoms with van der Waals surface area (Å²) >= 11 is 0. The van der Waals surface area contributed by atoms with Crippen LogP contribution in [0.5, 0.6) is 0 Å². The maximum Gasteiger partial charge on any atom is 0.267 e. The lowest BCUT2D eigenvalue weighted by molar-refractivity contribution is 0.0947. The van der Waals surface area contributed by atoms with E-state index < -0.39 is 0 Å². The van der Waals surface area contributed by atoms with Gasteiger partial charge in [-0.3, -0.25) is 14.3 Å². The summed E-state index contributed by atoms with van der Waals surface area (Å²) in [5.74, 6) is -0.268. The van der Waals surface area contributed by atoms with Gasteiger partial charge in [0, 0.05) is 24.8 Å². The van der Waals surface area contributed by atoms with Crippen molar-refractivity contribution in [3.8, 4) is 0 Å². The van der Waals surface area contributed by atoms with E-state index >= 15 is 0 Å². The minimum Gasteiger partial charge on any atom is -0.351 e. The second-order valence-corrected chi connectivity index (χ2v) is 4.69. The van der Waals surface area contributed by atoms with Gasteiger partial charge in [-0.1, -0.05) is 6.07 Å². The van der Waals surface area contributed by atoms with Gasteiger partial charge in [0.1, 0.15) is 5.69 Å². The third-order valence-electron chi connectivity index (χ3n) is 2.95. The Morgan fingerprint density at radius 2 is 2.20 bits per heavy atom.